The Labute approximate surface area is 110 Å². The average Bonchev–Trinajstić information content (AvgIpc) is 2.86. The van der Waals surface area contributed by atoms with Crippen molar-refractivity contribution in [3.05, 3.63) is 29.6 Å². The van der Waals surface area contributed by atoms with E-state index < -0.39 is 17.7 Å². The van der Waals surface area contributed by atoms with Crippen LogP contribution in [0.3, 0.4) is 0 Å². The molecule has 6 heteroatoms. The van der Waals surface area contributed by atoms with Crippen LogP contribution >= 0.6 is 0 Å². The second kappa shape index (κ2) is 6.06. The average molecular weight is 269 g/mol. The van der Waals surface area contributed by atoms with Gasteiger partial charge in [0.05, 0.1) is 5.56 Å². The summed E-state index contributed by atoms with van der Waals surface area (Å²) in [7, 11) is 0. The minimum Gasteiger partial charge on any atom is -0.350 e. The molecule has 0 aromatic carbocycles. The first-order valence-corrected chi connectivity index (χ1v) is 6.45. The summed E-state index contributed by atoms with van der Waals surface area (Å²) in [5.41, 5.74) is -0.298. The molecule has 1 saturated heterocycles. The van der Waals surface area contributed by atoms with Gasteiger partial charge in [-0.3, -0.25) is 9.69 Å². The van der Waals surface area contributed by atoms with E-state index >= 15 is 0 Å². The van der Waals surface area contributed by atoms with Crippen molar-refractivity contribution in [3.8, 4) is 0 Å². The highest BCUT2D eigenvalue weighted by atomic mass is 19.2. The van der Waals surface area contributed by atoms with Crippen LogP contribution < -0.4 is 5.32 Å². The maximum atomic E-state index is 13.4. The molecule has 1 atom stereocenters. The van der Waals surface area contributed by atoms with E-state index in [9.17, 15) is 13.6 Å². The summed E-state index contributed by atoms with van der Waals surface area (Å²) in [4.78, 5) is 17.2. The lowest BCUT2D eigenvalue weighted by Gasteiger charge is -2.22. The van der Waals surface area contributed by atoms with Crippen LogP contribution in [-0.4, -0.2) is 41.5 Å². The van der Waals surface area contributed by atoms with Gasteiger partial charge in [0.2, 0.25) is 5.95 Å². The Hall–Kier alpha value is -1.56. The molecule has 0 bridgehead atoms. The van der Waals surface area contributed by atoms with E-state index in [1.807, 2.05) is 0 Å². The van der Waals surface area contributed by atoms with Crippen molar-refractivity contribution in [1.29, 1.82) is 0 Å². The monoisotopic (exact) mass is 269 g/mol. The first kappa shape index (κ1) is 13.9. The van der Waals surface area contributed by atoms with Gasteiger partial charge in [-0.05, 0) is 32.0 Å². The third kappa shape index (κ3) is 3.07. The summed E-state index contributed by atoms with van der Waals surface area (Å²) >= 11 is 0. The first-order chi connectivity index (χ1) is 9.13. The molecule has 1 amide bonds. The van der Waals surface area contributed by atoms with Crippen molar-refractivity contribution >= 4 is 5.91 Å². The largest absolute Gasteiger partial charge is 0.350 e. The SMILES string of the molecule is CCN1CCCC1CNC(=O)c1ccnc(F)c1F. The van der Waals surface area contributed by atoms with Gasteiger partial charge in [0.25, 0.3) is 5.91 Å². The minimum absolute atomic E-state index is 0.281. The number of pyridine rings is 1. The van der Waals surface area contributed by atoms with Crippen molar-refractivity contribution in [1.82, 2.24) is 15.2 Å². The predicted octanol–water partition coefficient (Wildman–Crippen LogP) is 1.57. The van der Waals surface area contributed by atoms with Gasteiger partial charge >= 0.3 is 0 Å². The maximum absolute atomic E-state index is 13.4. The minimum atomic E-state index is -1.25. The number of rotatable bonds is 4. The molecule has 0 aliphatic carbocycles. The normalized spacial score (nSPS) is 19.6. The lowest BCUT2D eigenvalue weighted by molar-refractivity contribution is 0.0936. The van der Waals surface area contributed by atoms with Gasteiger partial charge in [0.15, 0.2) is 5.82 Å². The number of hydrogen-bond acceptors (Lipinski definition) is 3. The summed E-state index contributed by atoms with van der Waals surface area (Å²) in [5.74, 6) is -3.04. The molecule has 1 aromatic rings. The molecule has 1 unspecified atom stereocenters. The molecule has 0 spiro atoms. The molecule has 0 saturated carbocycles. The number of likely N-dealkylation sites (N-methyl/N-ethyl adjacent to an activating group) is 1. The standard InChI is InChI=1S/C13H17F2N3O/c1-2-18-7-3-4-9(18)8-17-13(19)10-5-6-16-12(15)11(10)14/h5-6,9H,2-4,7-8H2,1H3,(H,17,19). The fraction of sp³-hybridized carbons (Fsp3) is 0.538. The van der Waals surface area contributed by atoms with Crippen LogP contribution in [0.2, 0.25) is 0 Å². The van der Waals surface area contributed by atoms with Gasteiger partial charge in [-0.15, -0.1) is 0 Å². The van der Waals surface area contributed by atoms with Gasteiger partial charge in [-0.25, -0.2) is 9.37 Å². The number of carbonyl (C=O) groups excluding carboxylic acids is 1. The molecule has 4 nitrogen and oxygen atoms in total. The Morgan fingerprint density at radius 3 is 3.11 bits per heavy atom. The quantitative estimate of drug-likeness (QED) is 0.844. The second-order valence-electron chi connectivity index (χ2n) is 4.60. The third-order valence-corrected chi connectivity index (χ3v) is 3.49. The van der Waals surface area contributed by atoms with Crippen LogP contribution in [0, 0.1) is 11.8 Å². The predicted molar refractivity (Wildman–Crippen MR) is 66.8 cm³/mol. The Kier molecular flexibility index (Phi) is 4.42. The molecule has 1 aliphatic rings. The lowest BCUT2D eigenvalue weighted by Crippen LogP contribution is -2.40. The summed E-state index contributed by atoms with van der Waals surface area (Å²) in [6.07, 6.45) is 3.20. The second-order valence-corrected chi connectivity index (χ2v) is 4.60. The first-order valence-electron chi connectivity index (χ1n) is 6.45. The Balaban J connectivity index is 1.96. The van der Waals surface area contributed by atoms with Gasteiger partial charge in [-0.1, -0.05) is 6.92 Å². The van der Waals surface area contributed by atoms with Gasteiger partial charge in [0, 0.05) is 18.8 Å². The van der Waals surface area contributed by atoms with Crippen molar-refractivity contribution in [3.63, 3.8) is 0 Å². The van der Waals surface area contributed by atoms with Crippen molar-refractivity contribution in [2.45, 2.75) is 25.8 Å². The number of halogens is 2. The Bertz CT molecular complexity index is 467. The fourth-order valence-electron chi connectivity index (χ4n) is 2.44. The molecule has 1 aliphatic heterocycles. The van der Waals surface area contributed by atoms with Crippen LogP contribution in [0.15, 0.2) is 12.3 Å². The topological polar surface area (TPSA) is 45.2 Å². The number of aromatic nitrogens is 1. The van der Waals surface area contributed by atoms with Crippen LogP contribution in [0.5, 0.6) is 0 Å². The fourth-order valence-corrected chi connectivity index (χ4v) is 2.44. The summed E-state index contributed by atoms with van der Waals surface area (Å²) in [6, 6.07) is 1.46. The number of carbonyl (C=O) groups is 1. The number of nitrogens with one attached hydrogen (secondary N) is 1. The molecular formula is C13H17F2N3O. The zero-order valence-corrected chi connectivity index (χ0v) is 10.8. The lowest BCUT2D eigenvalue weighted by atomic mass is 10.2. The number of likely N-dealkylation sites (tertiary alicyclic amines) is 1. The van der Waals surface area contributed by atoms with Crippen molar-refractivity contribution in [2.24, 2.45) is 0 Å². The summed E-state index contributed by atoms with van der Waals surface area (Å²) in [6.45, 7) is 4.47. The highest BCUT2D eigenvalue weighted by Crippen LogP contribution is 2.16. The molecule has 2 rings (SSSR count). The molecule has 1 N–H and O–H groups in total. The van der Waals surface area contributed by atoms with Gasteiger partial charge in [0.1, 0.15) is 0 Å². The number of amides is 1. The van der Waals surface area contributed by atoms with E-state index in [0.717, 1.165) is 32.1 Å². The van der Waals surface area contributed by atoms with Gasteiger partial charge < -0.3 is 5.32 Å². The molecule has 2 heterocycles. The van der Waals surface area contributed by atoms with E-state index in [0.29, 0.717) is 6.54 Å². The van der Waals surface area contributed by atoms with Crippen molar-refractivity contribution < 1.29 is 13.6 Å². The smallest absolute Gasteiger partial charge is 0.254 e. The highest BCUT2D eigenvalue weighted by molar-refractivity contribution is 5.94. The Morgan fingerprint density at radius 2 is 2.37 bits per heavy atom. The number of hydrogen-bond donors (Lipinski definition) is 1. The molecular weight excluding hydrogens is 252 g/mol. The molecule has 104 valence electrons. The zero-order chi connectivity index (χ0) is 13.8. The van der Waals surface area contributed by atoms with Crippen molar-refractivity contribution in [2.75, 3.05) is 19.6 Å². The van der Waals surface area contributed by atoms with E-state index in [1.165, 1.54) is 6.07 Å². The molecule has 1 fully saturated rings. The van der Waals surface area contributed by atoms with Crippen LogP contribution in [0.25, 0.3) is 0 Å². The van der Waals surface area contributed by atoms with Gasteiger partial charge in [-0.2, -0.15) is 4.39 Å². The third-order valence-electron chi connectivity index (χ3n) is 3.49. The molecule has 1 aromatic heterocycles. The highest BCUT2D eigenvalue weighted by Gasteiger charge is 2.24. The summed E-state index contributed by atoms with van der Waals surface area (Å²) in [5, 5.41) is 2.66. The molecule has 19 heavy (non-hydrogen) atoms. The van der Waals surface area contributed by atoms with E-state index in [1.54, 1.807) is 0 Å². The van der Waals surface area contributed by atoms with E-state index in [2.05, 4.69) is 22.1 Å². The van der Waals surface area contributed by atoms with Crippen LogP contribution in [0.4, 0.5) is 8.78 Å². The zero-order valence-electron chi connectivity index (χ0n) is 10.8. The summed E-state index contributed by atoms with van der Waals surface area (Å²) < 4.78 is 26.3. The van der Waals surface area contributed by atoms with E-state index in [-0.39, 0.29) is 11.6 Å². The van der Waals surface area contributed by atoms with Crippen LogP contribution in [-0.2, 0) is 0 Å². The molecule has 0 radical (unpaired) electrons. The van der Waals surface area contributed by atoms with Crippen LogP contribution in [0.1, 0.15) is 30.1 Å². The van der Waals surface area contributed by atoms with E-state index in [4.69, 9.17) is 0 Å². The Morgan fingerprint density at radius 1 is 1.58 bits per heavy atom. The maximum Gasteiger partial charge on any atom is 0.254 e. The number of nitrogens with zero attached hydrogens (tertiary/aromatic N) is 2.